The lowest BCUT2D eigenvalue weighted by atomic mass is 10.3. The zero-order valence-corrected chi connectivity index (χ0v) is 11.4. The van der Waals surface area contributed by atoms with E-state index in [1.54, 1.807) is 0 Å². The van der Waals surface area contributed by atoms with Crippen LogP contribution in [-0.2, 0) is 6.54 Å². The summed E-state index contributed by atoms with van der Waals surface area (Å²) in [6.45, 7) is 3.86. The molecule has 0 aliphatic heterocycles. The monoisotopic (exact) mass is 258 g/mol. The van der Waals surface area contributed by atoms with Gasteiger partial charge in [0.05, 0.1) is 5.69 Å². The number of aryl methyl sites for hydroxylation is 1. The minimum Gasteiger partial charge on any atom is -0.310 e. The molecule has 2 nitrogen and oxygen atoms in total. The van der Waals surface area contributed by atoms with E-state index in [0.29, 0.717) is 0 Å². The van der Waals surface area contributed by atoms with Gasteiger partial charge in [-0.2, -0.15) is 0 Å². The van der Waals surface area contributed by atoms with E-state index >= 15 is 0 Å². The Morgan fingerprint density at radius 3 is 2.67 bits per heavy atom. The predicted molar refractivity (Wildman–Crippen MR) is 77.8 cm³/mol. The molecule has 0 saturated carbocycles. The summed E-state index contributed by atoms with van der Waals surface area (Å²) in [5.74, 6) is 1.08. The van der Waals surface area contributed by atoms with Crippen molar-refractivity contribution < 1.29 is 0 Å². The number of pyridine rings is 1. The van der Waals surface area contributed by atoms with E-state index in [0.717, 1.165) is 30.2 Å². The first-order valence-corrected chi connectivity index (χ1v) is 7.14. The Bertz CT molecular complexity index is 471. The highest BCUT2D eigenvalue weighted by atomic mass is 32.2. The maximum absolute atomic E-state index is 4.46. The van der Waals surface area contributed by atoms with Crippen molar-refractivity contribution in [3.63, 3.8) is 0 Å². The van der Waals surface area contributed by atoms with Crippen molar-refractivity contribution >= 4 is 11.8 Å². The fraction of sp³-hybridized carbons (Fsp3) is 0.267. The summed E-state index contributed by atoms with van der Waals surface area (Å²) in [5.41, 5.74) is 2.19. The van der Waals surface area contributed by atoms with Crippen LogP contribution in [-0.4, -0.2) is 17.3 Å². The molecule has 2 rings (SSSR count). The lowest BCUT2D eigenvalue weighted by Crippen LogP contribution is -2.17. The molecule has 18 heavy (non-hydrogen) atoms. The molecule has 94 valence electrons. The first-order chi connectivity index (χ1) is 8.84. The highest BCUT2D eigenvalue weighted by Gasteiger charge is 1.95. The summed E-state index contributed by atoms with van der Waals surface area (Å²) in [5, 5.41) is 3.42. The summed E-state index contributed by atoms with van der Waals surface area (Å²) in [4.78, 5) is 5.79. The van der Waals surface area contributed by atoms with Gasteiger partial charge in [-0.3, -0.25) is 4.98 Å². The van der Waals surface area contributed by atoms with E-state index < -0.39 is 0 Å². The summed E-state index contributed by atoms with van der Waals surface area (Å²) >= 11 is 1.88. The van der Waals surface area contributed by atoms with Gasteiger partial charge >= 0.3 is 0 Å². The Kier molecular flexibility index (Phi) is 5.24. The third kappa shape index (κ3) is 4.51. The summed E-state index contributed by atoms with van der Waals surface area (Å²) < 4.78 is 0. The highest BCUT2D eigenvalue weighted by molar-refractivity contribution is 7.99. The van der Waals surface area contributed by atoms with Gasteiger partial charge in [-0.15, -0.1) is 11.8 Å². The average molecular weight is 258 g/mol. The van der Waals surface area contributed by atoms with Gasteiger partial charge in [-0.05, 0) is 31.2 Å². The minimum absolute atomic E-state index is 0.844. The number of aromatic nitrogens is 1. The van der Waals surface area contributed by atoms with Crippen molar-refractivity contribution in [3.8, 4) is 0 Å². The standard InChI is InChI=1S/C15H18N2S/c1-13-6-5-7-14(17-13)12-16-10-11-18-15-8-3-2-4-9-15/h2-9,16H,10-12H2,1H3. The molecule has 0 fully saturated rings. The van der Waals surface area contributed by atoms with Crippen molar-refractivity contribution in [2.75, 3.05) is 12.3 Å². The highest BCUT2D eigenvalue weighted by Crippen LogP contribution is 2.15. The molecule has 1 aromatic carbocycles. The number of rotatable bonds is 6. The molecule has 0 bridgehead atoms. The van der Waals surface area contributed by atoms with Crippen LogP contribution in [0, 0.1) is 6.92 Å². The van der Waals surface area contributed by atoms with Gasteiger partial charge in [-0.1, -0.05) is 24.3 Å². The Morgan fingerprint density at radius 2 is 1.89 bits per heavy atom. The fourth-order valence-electron chi connectivity index (χ4n) is 1.67. The number of benzene rings is 1. The second-order valence-electron chi connectivity index (χ2n) is 4.11. The van der Waals surface area contributed by atoms with E-state index in [4.69, 9.17) is 0 Å². The van der Waals surface area contributed by atoms with Gasteiger partial charge < -0.3 is 5.32 Å². The first-order valence-electron chi connectivity index (χ1n) is 6.16. The maximum atomic E-state index is 4.46. The number of nitrogens with one attached hydrogen (secondary N) is 1. The Hall–Kier alpha value is -1.32. The van der Waals surface area contributed by atoms with E-state index in [-0.39, 0.29) is 0 Å². The molecule has 0 aliphatic carbocycles. The quantitative estimate of drug-likeness (QED) is 0.636. The van der Waals surface area contributed by atoms with Crippen molar-refractivity contribution in [2.24, 2.45) is 0 Å². The van der Waals surface area contributed by atoms with Gasteiger partial charge in [0.1, 0.15) is 0 Å². The second kappa shape index (κ2) is 7.19. The molecule has 0 spiro atoms. The summed E-state index contributed by atoms with van der Waals surface area (Å²) in [6.07, 6.45) is 0. The van der Waals surface area contributed by atoms with E-state index in [9.17, 15) is 0 Å². The molecule has 0 aliphatic rings. The molecule has 0 amide bonds. The molecule has 0 atom stereocenters. The van der Waals surface area contributed by atoms with Crippen LogP contribution in [0.1, 0.15) is 11.4 Å². The van der Waals surface area contributed by atoms with Crippen LogP contribution in [0.25, 0.3) is 0 Å². The number of hydrogen-bond acceptors (Lipinski definition) is 3. The molecule has 2 aromatic rings. The predicted octanol–water partition coefficient (Wildman–Crippen LogP) is 3.27. The van der Waals surface area contributed by atoms with Crippen molar-refractivity contribution in [1.29, 1.82) is 0 Å². The van der Waals surface area contributed by atoms with Crippen molar-refractivity contribution in [2.45, 2.75) is 18.4 Å². The summed E-state index contributed by atoms with van der Waals surface area (Å²) in [6, 6.07) is 16.6. The molecule has 0 unspecified atom stereocenters. The Balaban J connectivity index is 1.65. The molecule has 1 N–H and O–H groups in total. The normalized spacial score (nSPS) is 10.5. The smallest absolute Gasteiger partial charge is 0.0544 e. The molecular weight excluding hydrogens is 240 g/mol. The third-order valence-electron chi connectivity index (χ3n) is 2.54. The van der Waals surface area contributed by atoms with Crippen LogP contribution in [0.5, 0.6) is 0 Å². The van der Waals surface area contributed by atoms with Crippen molar-refractivity contribution in [3.05, 3.63) is 59.9 Å². The molecule has 1 heterocycles. The number of hydrogen-bond donors (Lipinski definition) is 1. The van der Waals surface area contributed by atoms with Gasteiger partial charge in [0.25, 0.3) is 0 Å². The zero-order valence-electron chi connectivity index (χ0n) is 10.6. The average Bonchev–Trinajstić information content (AvgIpc) is 2.40. The van der Waals surface area contributed by atoms with E-state index in [2.05, 4.69) is 46.7 Å². The van der Waals surface area contributed by atoms with Gasteiger partial charge in [0, 0.05) is 29.4 Å². The van der Waals surface area contributed by atoms with Crippen LogP contribution in [0.2, 0.25) is 0 Å². The minimum atomic E-state index is 0.844. The van der Waals surface area contributed by atoms with E-state index in [1.165, 1.54) is 4.90 Å². The summed E-state index contributed by atoms with van der Waals surface area (Å²) in [7, 11) is 0. The lowest BCUT2D eigenvalue weighted by Gasteiger charge is -2.05. The van der Waals surface area contributed by atoms with Gasteiger partial charge in [-0.25, -0.2) is 0 Å². The van der Waals surface area contributed by atoms with Crippen LogP contribution in [0.15, 0.2) is 53.4 Å². The molecule has 0 radical (unpaired) electrons. The van der Waals surface area contributed by atoms with Crippen LogP contribution < -0.4 is 5.32 Å². The SMILES string of the molecule is Cc1cccc(CNCCSc2ccccc2)n1. The Morgan fingerprint density at radius 1 is 1.06 bits per heavy atom. The second-order valence-corrected chi connectivity index (χ2v) is 5.28. The molecule has 1 aromatic heterocycles. The molecular formula is C15H18N2S. The first kappa shape index (κ1) is 13.1. The van der Waals surface area contributed by atoms with Crippen LogP contribution in [0.3, 0.4) is 0 Å². The Labute approximate surface area is 113 Å². The van der Waals surface area contributed by atoms with E-state index in [1.807, 2.05) is 30.8 Å². The third-order valence-corrected chi connectivity index (χ3v) is 3.56. The van der Waals surface area contributed by atoms with Crippen LogP contribution in [0.4, 0.5) is 0 Å². The van der Waals surface area contributed by atoms with Crippen molar-refractivity contribution in [1.82, 2.24) is 10.3 Å². The lowest BCUT2D eigenvalue weighted by molar-refractivity contribution is 0.713. The van der Waals surface area contributed by atoms with Crippen LogP contribution >= 0.6 is 11.8 Å². The molecule has 0 saturated heterocycles. The largest absolute Gasteiger partial charge is 0.310 e. The van der Waals surface area contributed by atoms with Gasteiger partial charge in [0.2, 0.25) is 0 Å². The number of thioether (sulfide) groups is 1. The molecule has 3 heteroatoms. The topological polar surface area (TPSA) is 24.9 Å². The zero-order chi connectivity index (χ0) is 12.6. The number of nitrogens with zero attached hydrogens (tertiary/aromatic N) is 1. The maximum Gasteiger partial charge on any atom is 0.0544 e. The van der Waals surface area contributed by atoms with Gasteiger partial charge in [0.15, 0.2) is 0 Å². The fourth-order valence-corrected chi connectivity index (χ4v) is 2.50.